The van der Waals surface area contributed by atoms with Crippen LogP contribution in [0.5, 0.6) is 0 Å². The van der Waals surface area contributed by atoms with Crippen LogP contribution in [0.15, 0.2) is 0 Å². The molecule has 2 bridgehead atoms. The maximum atomic E-state index is 9.17. The van der Waals surface area contributed by atoms with Gasteiger partial charge in [0.15, 0.2) is 0 Å². The first kappa shape index (κ1) is 8.52. The van der Waals surface area contributed by atoms with Gasteiger partial charge < -0.3 is 9.84 Å². The molecule has 1 unspecified atom stereocenters. The Morgan fingerprint density at radius 3 is 2.58 bits per heavy atom. The molecule has 0 aromatic heterocycles. The number of ether oxygens (including phenoxy) is 1. The normalized spacial score (nSPS) is 46.5. The SMILES string of the molecule is COC12CCC(CC1)C(CO)C2. The van der Waals surface area contributed by atoms with E-state index in [0.29, 0.717) is 12.5 Å². The van der Waals surface area contributed by atoms with Gasteiger partial charge in [0.2, 0.25) is 0 Å². The summed E-state index contributed by atoms with van der Waals surface area (Å²) in [6, 6.07) is 0. The molecule has 3 fully saturated rings. The molecule has 3 rings (SSSR count). The van der Waals surface area contributed by atoms with Crippen LogP contribution >= 0.6 is 0 Å². The Kier molecular flexibility index (Phi) is 2.13. The molecule has 3 saturated carbocycles. The molecule has 0 spiro atoms. The van der Waals surface area contributed by atoms with Crippen LogP contribution in [0.25, 0.3) is 0 Å². The lowest BCUT2D eigenvalue weighted by atomic mass is 9.62. The Hall–Kier alpha value is -0.0800. The van der Waals surface area contributed by atoms with Crippen molar-refractivity contribution < 1.29 is 9.84 Å². The fourth-order valence-electron chi connectivity index (χ4n) is 2.99. The van der Waals surface area contributed by atoms with Crippen molar-refractivity contribution in [2.45, 2.75) is 37.7 Å². The Morgan fingerprint density at radius 1 is 1.42 bits per heavy atom. The average Bonchev–Trinajstić information content (AvgIpc) is 2.19. The van der Waals surface area contributed by atoms with Crippen molar-refractivity contribution >= 4 is 0 Å². The first-order valence-electron chi connectivity index (χ1n) is 4.96. The highest BCUT2D eigenvalue weighted by Crippen LogP contribution is 2.48. The average molecular weight is 170 g/mol. The summed E-state index contributed by atoms with van der Waals surface area (Å²) in [5, 5.41) is 9.17. The predicted molar refractivity (Wildman–Crippen MR) is 46.9 cm³/mol. The monoisotopic (exact) mass is 170 g/mol. The highest BCUT2D eigenvalue weighted by atomic mass is 16.5. The van der Waals surface area contributed by atoms with Crippen LogP contribution in [0.2, 0.25) is 0 Å². The molecule has 0 saturated heterocycles. The Bertz CT molecular complexity index is 159. The lowest BCUT2D eigenvalue weighted by Gasteiger charge is -2.49. The van der Waals surface area contributed by atoms with Gasteiger partial charge >= 0.3 is 0 Å². The van der Waals surface area contributed by atoms with E-state index in [9.17, 15) is 0 Å². The number of methoxy groups -OCH3 is 1. The molecule has 3 aliphatic rings. The molecular formula is C10H18O2. The van der Waals surface area contributed by atoms with Crippen LogP contribution in [0.4, 0.5) is 0 Å². The minimum atomic E-state index is 0.141. The molecule has 0 heterocycles. The number of rotatable bonds is 2. The van der Waals surface area contributed by atoms with E-state index in [1.54, 1.807) is 0 Å². The van der Waals surface area contributed by atoms with E-state index in [2.05, 4.69) is 0 Å². The smallest absolute Gasteiger partial charge is 0.0682 e. The molecule has 2 nitrogen and oxygen atoms in total. The molecule has 1 atom stereocenters. The van der Waals surface area contributed by atoms with Gasteiger partial charge in [-0.3, -0.25) is 0 Å². The summed E-state index contributed by atoms with van der Waals surface area (Å²) < 4.78 is 5.59. The number of aliphatic hydroxyl groups is 1. The third-order valence-corrected chi connectivity index (χ3v) is 3.91. The van der Waals surface area contributed by atoms with Crippen LogP contribution in [0.3, 0.4) is 0 Å². The van der Waals surface area contributed by atoms with E-state index in [1.165, 1.54) is 25.7 Å². The van der Waals surface area contributed by atoms with Crippen LogP contribution < -0.4 is 0 Å². The number of hydrogen-bond donors (Lipinski definition) is 1. The van der Waals surface area contributed by atoms with Gasteiger partial charge in [0.1, 0.15) is 0 Å². The molecule has 12 heavy (non-hydrogen) atoms. The number of hydrogen-bond acceptors (Lipinski definition) is 2. The van der Waals surface area contributed by atoms with Gasteiger partial charge in [-0.1, -0.05) is 0 Å². The molecule has 0 radical (unpaired) electrons. The third-order valence-electron chi connectivity index (χ3n) is 3.91. The standard InChI is InChI=1S/C10H18O2/c1-12-10-4-2-8(3-5-10)9(6-10)7-11/h8-9,11H,2-7H2,1H3. The molecule has 0 aliphatic heterocycles. The van der Waals surface area contributed by atoms with Crippen molar-refractivity contribution in [1.82, 2.24) is 0 Å². The summed E-state index contributed by atoms with van der Waals surface area (Å²) in [4.78, 5) is 0. The summed E-state index contributed by atoms with van der Waals surface area (Å²) in [5.74, 6) is 1.31. The van der Waals surface area contributed by atoms with Crippen molar-refractivity contribution in [3.8, 4) is 0 Å². The minimum Gasteiger partial charge on any atom is -0.396 e. The van der Waals surface area contributed by atoms with Crippen LogP contribution in [-0.2, 0) is 4.74 Å². The first-order chi connectivity index (χ1) is 5.79. The van der Waals surface area contributed by atoms with E-state index in [1.807, 2.05) is 7.11 Å². The third kappa shape index (κ3) is 1.17. The molecule has 70 valence electrons. The van der Waals surface area contributed by atoms with Gasteiger partial charge in [-0.05, 0) is 43.9 Å². The second-order valence-corrected chi connectivity index (χ2v) is 4.37. The highest BCUT2D eigenvalue weighted by molar-refractivity contribution is 4.97. The van der Waals surface area contributed by atoms with Crippen molar-refractivity contribution in [2.24, 2.45) is 11.8 Å². The number of fused-ring (bicyclic) bond motifs is 3. The quantitative estimate of drug-likeness (QED) is 0.681. The molecule has 3 aliphatic carbocycles. The van der Waals surface area contributed by atoms with Crippen molar-refractivity contribution in [2.75, 3.05) is 13.7 Å². The van der Waals surface area contributed by atoms with Crippen molar-refractivity contribution in [3.05, 3.63) is 0 Å². The van der Waals surface area contributed by atoms with Gasteiger partial charge in [-0.15, -0.1) is 0 Å². The van der Waals surface area contributed by atoms with Crippen molar-refractivity contribution in [3.63, 3.8) is 0 Å². The van der Waals surface area contributed by atoms with Crippen LogP contribution in [-0.4, -0.2) is 24.4 Å². The highest BCUT2D eigenvalue weighted by Gasteiger charge is 2.45. The lowest BCUT2D eigenvalue weighted by Crippen LogP contribution is -2.47. The topological polar surface area (TPSA) is 29.5 Å². The van der Waals surface area contributed by atoms with E-state index in [-0.39, 0.29) is 5.60 Å². The van der Waals surface area contributed by atoms with Gasteiger partial charge in [0.05, 0.1) is 5.60 Å². The van der Waals surface area contributed by atoms with E-state index >= 15 is 0 Å². The number of aliphatic hydroxyl groups excluding tert-OH is 1. The summed E-state index contributed by atoms with van der Waals surface area (Å²) >= 11 is 0. The lowest BCUT2D eigenvalue weighted by molar-refractivity contribution is -0.118. The van der Waals surface area contributed by atoms with Gasteiger partial charge in [0, 0.05) is 13.7 Å². The Balaban J connectivity index is 2.09. The summed E-state index contributed by atoms with van der Waals surface area (Å²) in [7, 11) is 1.82. The zero-order valence-electron chi connectivity index (χ0n) is 7.75. The maximum absolute atomic E-state index is 9.17. The van der Waals surface area contributed by atoms with Crippen LogP contribution in [0.1, 0.15) is 32.1 Å². The van der Waals surface area contributed by atoms with Crippen LogP contribution in [0, 0.1) is 11.8 Å². The van der Waals surface area contributed by atoms with Gasteiger partial charge in [-0.2, -0.15) is 0 Å². The summed E-state index contributed by atoms with van der Waals surface area (Å²) in [6.07, 6.45) is 6.04. The van der Waals surface area contributed by atoms with Crippen molar-refractivity contribution in [1.29, 1.82) is 0 Å². The minimum absolute atomic E-state index is 0.141. The molecule has 1 N–H and O–H groups in total. The predicted octanol–water partition coefficient (Wildman–Crippen LogP) is 1.57. The first-order valence-corrected chi connectivity index (χ1v) is 4.96. The van der Waals surface area contributed by atoms with Gasteiger partial charge in [-0.25, -0.2) is 0 Å². The zero-order chi connectivity index (χ0) is 8.60. The largest absolute Gasteiger partial charge is 0.396 e. The van der Waals surface area contributed by atoms with Gasteiger partial charge in [0.25, 0.3) is 0 Å². The van der Waals surface area contributed by atoms with E-state index in [4.69, 9.17) is 9.84 Å². The summed E-state index contributed by atoms with van der Waals surface area (Å²) in [6.45, 7) is 0.357. The van der Waals surface area contributed by atoms with E-state index in [0.717, 1.165) is 12.3 Å². The Morgan fingerprint density at radius 2 is 2.08 bits per heavy atom. The zero-order valence-corrected chi connectivity index (χ0v) is 7.75. The molecule has 0 aromatic carbocycles. The summed E-state index contributed by atoms with van der Waals surface area (Å²) in [5.41, 5.74) is 0.141. The second-order valence-electron chi connectivity index (χ2n) is 4.37. The molecule has 0 aromatic rings. The van der Waals surface area contributed by atoms with E-state index < -0.39 is 0 Å². The fourth-order valence-corrected chi connectivity index (χ4v) is 2.99. The maximum Gasteiger partial charge on any atom is 0.0682 e. The molecular weight excluding hydrogens is 152 g/mol. The Labute approximate surface area is 73.9 Å². The fraction of sp³-hybridized carbons (Fsp3) is 1.00. The molecule has 0 amide bonds. The second kappa shape index (κ2) is 3.00. The molecule has 2 heteroatoms.